The standard InChI is InChI=1S/C19H13N3O3S/c20-17(23)15-16(12-8-9-26-10-12)22-25-19(15)21-18(24)14-7-3-5-11-4-1-2-6-13(11)14/h1-10H,(H2,20,23)(H,21,24). The van der Waals surface area contributed by atoms with Crippen LogP contribution in [0.3, 0.4) is 0 Å². The predicted octanol–water partition coefficient (Wildman–Crippen LogP) is 3.91. The Labute approximate surface area is 152 Å². The number of hydrogen-bond donors (Lipinski definition) is 2. The first-order valence-electron chi connectivity index (χ1n) is 7.76. The highest BCUT2D eigenvalue weighted by molar-refractivity contribution is 7.08. The molecular formula is C19H13N3O3S. The number of nitrogens with zero attached hydrogens (tertiary/aromatic N) is 1. The van der Waals surface area contributed by atoms with E-state index in [0.29, 0.717) is 16.8 Å². The molecule has 0 radical (unpaired) electrons. The molecular weight excluding hydrogens is 350 g/mol. The Kier molecular flexibility index (Phi) is 3.98. The first kappa shape index (κ1) is 16.0. The minimum absolute atomic E-state index is 0.0528. The third-order valence-corrected chi connectivity index (χ3v) is 4.68. The van der Waals surface area contributed by atoms with Crippen LogP contribution in [0.5, 0.6) is 0 Å². The van der Waals surface area contributed by atoms with Crippen LogP contribution in [0.2, 0.25) is 0 Å². The molecule has 0 bridgehead atoms. The number of benzene rings is 2. The molecule has 6 nitrogen and oxygen atoms in total. The average Bonchev–Trinajstić information content (AvgIpc) is 3.30. The summed E-state index contributed by atoms with van der Waals surface area (Å²) < 4.78 is 5.21. The molecule has 2 heterocycles. The number of rotatable bonds is 4. The Hall–Kier alpha value is -3.45. The molecule has 26 heavy (non-hydrogen) atoms. The molecule has 4 aromatic rings. The highest BCUT2D eigenvalue weighted by Gasteiger charge is 2.24. The third kappa shape index (κ3) is 2.74. The number of anilines is 1. The Balaban J connectivity index is 1.73. The maximum absolute atomic E-state index is 12.7. The van der Waals surface area contributed by atoms with Gasteiger partial charge < -0.3 is 10.3 Å². The van der Waals surface area contributed by atoms with Gasteiger partial charge in [-0.25, -0.2) is 0 Å². The molecule has 0 fully saturated rings. The fourth-order valence-corrected chi connectivity index (χ4v) is 3.43. The van der Waals surface area contributed by atoms with Gasteiger partial charge in [-0.15, -0.1) is 0 Å². The second kappa shape index (κ2) is 6.45. The second-order valence-electron chi connectivity index (χ2n) is 5.59. The van der Waals surface area contributed by atoms with Crippen molar-refractivity contribution < 1.29 is 14.1 Å². The zero-order valence-corrected chi connectivity index (χ0v) is 14.2. The van der Waals surface area contributed by atoms with Gasteiger partial charge in [0.05, 0.1) is 0 Å². The van der Waals surface area contributed by atoms with Crippen molar-refractivity contribution in [3.8, 4) is 11.3 Å². The summed E-state index contributed by atoms with van der Waals surface area (Å²) in [5.41, 5.74) is 7.02. The number of nitrogens with one attached hydrogen (secondary N) is 1. The number of primary amides is 1. The molecule has 0 aliphatic carbocycles. The van der Waals surface area contributed by atoms with Crippen molar-refractivity contribution in [2.75, 3.05) is 5.32 Å². The van der Waals surface area contributed by atoms with Crippen molar-refractivity contribution in [2.24, 2.45) is 5.73 Å². The van der Waals surface area contributed by atoms with Gasteiger partial charge in [0.2, 0.25) is 5.88 Å². The van der Waals surface area contributed by atoms with Crippen LogP contribution in [0.25, 0.3) is 22.0 Å². The number of thiophene rings is 1. The number of carbonyl (C=O) groups is 2. The predicted molar refractivity (Wildman–Crippen MR) is 100 cm³/mol. The van der Waals surface area contributed by atoms with Crippen LogP contribution >= 0.6 is 11.3 Å². The summed E-state index contributed by atoms with van der Waals surface area (Å²) in [5, 5.41) is 11.9. The quantitative estimate of drug-likeness (QED) is 0.574. The monoisotopic (exact) mass is 363 g/mol. The molecule has 0 aliphatic heterocycles. The Morgan fingerprint density at radius 3 is 2.65 bits per heavy atom. The SMILES string of the molecule is NC(=O)c1c(-c2ccsc2)noc1NC(=O)c1cccc2ccccc12. The number of carbonyl (C=O) groups excluding carboxylic acids is 2. The topological polar surface area (TPSA) is 98.2 Å². The van der Waals surface area contributed by atoms with Gasteiger partial charge in [0.15, 0.2) is 0 Å². The highest BCUT2D eigenvalue weighted by atomic mass is 32.1. The summed E-state index contributed by atoms with van der Waals surface area (Å²) in [6.07, 6.45) is 0. The Morgan fingerprint density at radius 2 is 1.88 bits per heavy atom. The van der Waals surface area contributed by atoms with E-state index in [2.05, 4.69) is 10.5 Å². The van der Waals surface area contributed by atoms with Crippen LogP contribution in [-0.4, -0.2) is 17.0 Å². The normalized spacial score (nSPS) is 10.8. The number of nitrogens with two attached hydrogens (primary N) is 1. The minimum Gasteiger partial charge on any atom is -0.365 e. The van der Waals surface area contributed by atoms with E-state index >= 15 is 0 Å². The molecule has 0 atom stereocenters. The summed E-state index contributed by atoms with van der Waals surface area (Å²) in [5.74, 6) is -1.19. The molecule has 2 aromatic carbocycles. The van der Waals surface area contributed by atoms with Crippen molar-refractivity contribution in [1.82, 2.24) is 5.16 Å². The minimum atomic E-state index is -0.722. The van der Waals surface area contributed by atoms with Gasteiger partial charge in [-0.2, -0.15) is 11.3 Å². The molecule has 0 spiro atoms. The molecule has 3 N–H and O–H groups in total. The summed E-state index contributed by atoms with van der Waals surface area (Å²) in [6, 6.07) is 14.8. The molecule has 0 aliphatic rings. The first-order chi connectivity index (χ1) is 12.6. The highest BCUT2D eigenvalue weighted by Crippen LogP contribution is 2.30. The van der Waals surface area contributed by atoms with Gasteiger partial charge in [-0.3, -0.25) is 14.9 Å². The van der Waals surface area contributed by atoms with Crippen LogP contribution in [-0.2, 0) is 0 Å². The summed E-state index contributed by atoms with van der Waals surface area (Å²) in [6.45, 7) is 0. The van der Waals surface area contributed by atoms with Crippen molar-refractivity contribution >= 4 is 39.8 Å². The molecule has 2 aromatic heterocycles. The van der Waals surface area contributed by atoms with E-state index in [-0.39, 0.29) is 11.4 Å². The summed E-state index contributed by atoms with van der Waals surface area (Å²) in [4.78, 5) is 24.7. The average molecular weight is 363 g/mol. The fraction of sp³-hybridized carbons (Fsp3) is 0. The lowest BCUT2D eigenvalue weighted by molar-refractivity contribution is 0.100. The van der Waals surface area contributed by atoms with E-state index in [1.165, 1.54) is 11.3 Å². The molecule has 128 valence electrons. The van der Waals surface area contributed by atoms with Crippen molar-refractivity contribution in [1.29, 1.82) is 0 Å². The van der Waals surface area contributed by atoms with Gasteiger partial charge >= 0.3 is 0 Å². The number of hydrogen-bond acceptors (Lipinski definition) is 5. The smallest absolute Gasteiger partial charge is 0.258 e. The lowest BCUT2D eigenvalue weighted by Gasteiger charge is -2.06. The van der Waals surface area contributed by atoms with Crippen LogP contribution in [0, 0.1) is 0 Å². The van der Waals surface area contributed by atoms with Crippen LogP contribution < -0.4 is 11.1 Å². The van der Waals surface area contributed by atoms with Crippen LogP contribution in [0.4, 0.5) is 5.88 Å². The number of amides is 2. The largest absolute Gasteiger partial charge is 0.365 e. The molecule has 0 unspecified atom stereocenters. The van der Waals surface area contributed by atoms with E-state index in [0.717, 1.165) is 10.8 Å². The van der Waals surface area contributed by atoms with Gasteiger partial charge in [-0.05, 0) is 28.3 Å². The van der Waals surface area contributed by atoms with E-state index < -0.39 is 11.8 Å². The third-order valence-electron chi connectivity index (χ3n) is 3.99. The fourth-order valence-electron chi connectivity index (χ4n) is 2.79. The Bertz CT molecular complexity index is 1110. The summed E-state index contributed by atoms with van der Waals surface area (Å²) in [7, 11) is 0. The van der Waals surface area contributed by atoms with Gasteiger partial charge in [0.25, 0.3) is 11.8 Å². The molecule has 0 saturated carbocycles. The zero-order chi connectivity index (χ0) is 18.1. The maximum Gasteiger partial charge on any atom is 0.258 e. The number of fused-ring (bicyclic) bond motifs is 1. The molecule has 7 heteroatoms. The molecule has 4 rings (SSSR count). The zero-order valence-electron chi connectivity index (χ0n) is 13.4. The lowest BCUT2D eigenvalue weighted by atomic mass is 10.0. The number of aromatic nitrogens is 1. The Morgan fingerprint density at radius 1 is 1.08 bits per heavy atom. The van der Waals surface area contributed by atoms with E-state index in [4.69, 9.17) is 10.3 Å². The summed E-state index contributed by atoms with van der Waals surface area (Å²) >= 11 is 1.46. The van der Waals surface area contributed by atoms with Gasteiger partial charge in [-0.1, -0.05) is 41.6 Å². The lowest BCUT2D eigenvalue weighted by Crippen LogP contribution is -2.17. The maximum atomic E-state index is 12.7. The first-order valence-corrected chi connectivity index (χ1v) is 8.70. The van der Waals surface area contributed by atoms with Crippen LogP contribution in [0.1, 0.15) is 20.7 Å². The van der Waals surface area contributed by atoms with Crippen molar-refractivity contribution in [2.45, 2.75) is 0 Å². The van der Waals surface area contributed by atoms with E-state index in [1.54, 1.807) is 18.2 Å². The molecule has 2 amide bonds. The van der Waals surface area contributed by atoms with Crippen LogP contribution in [0.15, 0.2) is 63.8 Å². The van der Waals surface area contributed by atoms with Crippen molar-refractivity contribution in [3.63, 3.8) is 0 Å². The van der Waals surface area contributed by atoms with Crippen molar-refractivity contribution in [3.05, 3.63) is 70.4 Å². The second-order valence-corrected chi connectivity index (χ2v) is 6.37. The molecule has 0 saturated heterocycles. The van der Waals surface area contributed by atoms with E-state index in [1.807, 2.05) is 41.1 Å². The van der Waals surface area contributed by atoms with E-state index in [9.17, 15) is 9.59 Å². The van der Waals surface area contributed by atoms with Gasteiger partial charge in [0.1, 0.15) is 11.3 Å². The van der Waals surface area contributed by atoms with Gasteiger partial charge in [0, 0.05) is 16.5 Å².